The second kappa shape index (κ2) is 7.86. The molecule has 0 saturated carbocycles. The van der Waals surface area contributed by atoms with Crippen molar-refractivity contribution in [3.05, 3.63) is 72.6 Å². The van der Waals surface area contributed by atoms with Gasteiger partial charge in [0.15, 0.2) is 0 Å². The summed E-state index contributed by atoms with van der Waals surface area (Å²) in [5.41, 5.74) is 3.16. The normalized spacial score (nSPS) is 13.4. The molecule has 6 heteroatoms. The van der Waals surface area contributed by atoms with Gasteiger partial charge in [0.1, 0.15) is 5.69 Å². The first-order chi connectivity index (χ1) is 13.3. The quantitative estimate of drug-likeness (QED) is 0.718. The Hall–Kier alpha value is -3.41. The van der Waals surface area contributed by atoms with Crippen molar-refractivity contribution in [2.45, 2.75) is 12.8 Å². The van der Waals surface area contributed by atoms with Crippen LogP contribution in [0.4, 0.5) is 23.0 Å². The number of carbonyl (C=O) groups is 1. The van der Waals surface area contributed by atoms with Crippen molar-refractivity contribution in [3.8, 4) is 0 Å². The third kappa shape index (κ3) is 4.23. The van der Waals surface area contributed by atoms with Gasteiger partial charge in [-0.05, 0) is 55.3 Å². The molecule has 0 bridgehead atoms. The smallest absolute Gasteiger partial charge is 0.274 e. The van der Waals surface area contributed by atoms with Gasteiger partial charge < -0.3 is 15.5 Å². The van der Waals surface area contributed by atoms with Gasteiger partial charge in [-0.1, -0.05) is 18.2 Å². The molecule has 1 fully saturated rings. The molecule has 6 nitrogen and oxygen atoms in total. The number of nitrogens with one attached hydrogen (secondary N) is 2. The van der Waals surface area contributed by atoms with Gasteiger partial charge in [-0.3, -0.25) is 4.79 Å². The number of carbonyl (C=O) groups excluding carboxylic acids is 1. The molecule has 2 heterocycles. The maximum Gasteiger partial charge on any atom is 0.274 e. The standard InChI is InChI=1S/C21H21N5O/c27-20(23-16-6-2-1-3-7-16)19-12-13-22-21(25-19)24-17-8-10-18(11-9-17)26-14-4-5-15-26/h1-3,6-13H,4-5,14-15H2,(H,23,27)(H,22,24,25). The zero-order valence-corrected chi connectivity index (χ0v) is 14.9. The lowest BCUT2D eigenvalue weighted by atomic mass is 10.2. The van der Waals surface area contributed by atoms with E-state index < -0.39 is 0 Å². The van der Waals surface area contributed by atoms with Crippen LogP contribution >= 0.6 is 0 Å². The number of para-hydroxylation sites is 1. The Morgan fingerprint density at radius 1 is 0.889 bits per heavy atom. The van der Waals surface area contributed by atoms with Crippen LogP contribution in [0.15, 0.2) is 66.9 Å². The molecule has 1 aliphatic rings. The Morgan fingerprint density at radius 2 is 1.63 bits per heavy atom. The number of nitrogens with zero attached hydrogens (tertiary/aromatic N) is 3. The summed E-state index contributed by atoms with van der Waals surface area (Å²) in [5, 5.41) is 5.99. The Morgan fingerprint density at radius 3 is 2.37 bits per heavy atom. The first-order valence-electron chi connectivity index (χ1n) is 9.09. The molecule has 0 atom stereocenters. The molecule has 3 aromatic rings. The maximum atomic E-state index is 12.4. The van der Waals surface area contributed by atoms with E-state index in [2.05, 4.69) is 37.6 Å². The molecule has 0 unspecified atom stereocenters. The van der Waals surface area contributed by atoms with Crippen molar-refractivity contribution in [2.75, 3.05) is 28.6 Å². The molecular formula is C21H21N5O. The van der Waals surface area contributed by atoms with Crippen molar-refractivity contribution in [1.82, 2.24) is 9.97 Å². The highest BCUT2D eigenvalue weighted by Crippen LogP contribution is 2.23. The molecule has 0 aliphatic carbocycles. The van der Waals surface area contributed by atoms with Crippen molar-refractivity contribution in [3.63, 3.8) is 0 Å². The highest BCUT2D eigenvalue weighted by molar-refractivity contribution is 6.02. The molecule has 1 amide bonds. The Kier molecular flexibility index (Phi) is 4.96. The summed E-state index contributed by atoms with van der Waals surface area (Å²) in [6.45, 7) is 2.24. The molecule has 136 valence electrons. The highest BCUT2D eigenvalue weighted by atomic mass is 16.1. The van der Waals surface area contributed by atoms with Crippen LogP contribution in [0.5, 0.6) is 0 Å². The van der Waals surface area contributed by atoms with Crippen LogP contribution in [0.25, 0.3) is 0 Å². The predicted octanol–water partition coefficient (Wildman–Crippen LogP) is 4.07. The van der Waals surface area contributed by atoms with Gasteiger partial charge in [0.2, 0.25) is 5.95 Å². The van der Waals surface area contributed by atoms with Crippen molar-refractivity contribution in [2.24, 2.45) is 0 Å². The number of benzene rings is 2. The Balaban J connectivity index is 1.43. The van der Waals surface area contributed by atoms with Crippen LogP contribution in [0.1, 0.15) is 23.3 Å². The lowest BCUT2D eigenvalue weighted by Crippen LogP contribution is -2.17. The molecule has 27 heavy (non-hydrogen) atoms. The second-order valence-corrected chi connectivity index (χ2v) is 6.45. The van der Waals surface area contributed by atoms with Crippen LogP contribution < -0.4 is 15.5 Å². The van der Waals surface area contributed by atoms with E-state index in [1.54, 1.807) is 12.3 Å². The fraction of sp³-hybridized carbons (Fsp3) is 0.190. The minimum Gasteiger partial charge on any atom is -0.372 e. The van der Waals surface area contributed by atoms with Gasteiger partial charge in [0.25, 0.3) is 5.91 Å². The van der Waals surface area contributed by atoms with Gasteiger partial charge >= 0.3 is 0 Å². The van der Waals surface area contributed by atoms with E-state index in [4.69, 9.17) is 0 Å². The van der Waals surface area contributed by atoms with Gasteiger partial charge in [0, 0.05) is 36.3 Å². The minimum absolute atomic E-state index is 0.268. The molecule has 2 aromatic carbocycles. The number of aromatic nitrogens is 2. The molecule has 0 radical (unpaired) electrons. The summed E-state index contributed by atoms with van der Waals surface area (Å²) in [7, 11) is 0. The van der Waals surface area contributed by atoms with Crippen molar-refractivity contribution >= 4 is 28.9 Å². The predicted molar refractivity (Wildman–Crippen MR) is 108 cm³/mol. The molecule has 4 rings (SSSR count). The van der Waals surface area contributed by atoms with Crippen LogP contribution in [0.3, 0.4) is 0 Å². The van der Waals surface area contributed by atoms with Crippen LogP contribution in [0, 0.1) is 0 Å². The zero-order chi connectivity index (χ0) is 18.5. The monoisotopic (exact) mass is 359 g/mol. The lowest BCUT2D eigenvalue weighted by Gasteiger charge is -2.17. The molecular weight excluding hydrogens is 338 g/mol. The number of hydrogen-bond donors (Lipinski definition) is 2. The fourth-order valence-electron chi connectivity index (χ4n) is 3.12. The number of anilines is 4. The van der Waals surface area contributed by atoms with Gasteiger partial charge in [-0.25, -0.2) is 9.97 Å². The first-order valence-corrected chi connectivity index (χ1v) is 9.09. The van der Waals surface area contributed by atoms with Crippen LogP contribution in [-0.4, -0.2) is 29.0 Å². The molecule has 0 spiro atoms. The van der Waals surface area contributed by atoms with Gasteiger partial charge in [-0.15, -0.1) is 0 Å². The Labute approximate surface area is 158 Å². The molecule has 2 N–H and O–H groups in total. The fourth-order valence-corrected chi connectivity index (χ4v) is 3.12. The zero-order valence-electron chi connectivity index (χ0n) is 14.9. The van der Waals surface area contributed by atoms with Crippen LogP contribution in [0.2, 0.25) is 0 Å². The van der Waals surface area contributed by atoms with E-state index in [-0.39, 0.29) is 5.91 Å². The molecule has 1 aromatic heterocycles. The number of rotatable bonds is 5. The number of hydrogen-bond acceptors (Lipinski definition) is 5. The largest absolute Gasteiger partial charge is 0.372 e. The Bertz CT molecular complexity index is 905. The average Bonchev–Trinajstić information content (AvgIpc) is 3.24. The lowest BCUT2D eigenvalue weighted by molar-refractivity contribution is 0.102. The highest BCUT2D eigenvalue weighted by Gasteiger charge is 2.12. The van der Waals surface area contributed by atoms with E-state index in [1.807, 2.05) is 42.5 Å². The van der Waals surface area contributed by atoms with Gasteiger partial charge in [-0.2, -0.15) is 0 Å². The summed E-state index contributed by atoms with van der Waals surface area (Å²) in [6.07, 6.45) is 4.09. The van der Waals surface area contributed by atoms with E-state index in [0.29, 0.717) is 11.6 Å². The summed E-state index contributed by atoms with van der Waals surface area (Å²) in [4.78, 5) is 23.3. The summed E-state index contributed by atoms with van der Waals surface area (Å²) >= 11 is 0. The SMILES string of the molecule is O=C(Nc1ccccc1)c1ccnc(Nc2ccc(N3CCCC3)cc2)n1. The molecule has 1 saturated heterocycles. The summed E-state index contributed by atoms with van der Waals surface area (Å²) in [5.74, 6) is 0.126. The third-order valence-electron chi connectivity index (χ3n) is 4.51. The van der Waals surface area contributed by atoms with Crippen molar-refractivity contribution in [1.29, 1.82) is 0 Å². The third-order valence-corrected chi connectivity index (χ3v) is 4.51. The minimum atomic E-state index is -0.268. The van der Waals surface area contributed by atoms with Crippen LogP contribution in [-0.2, 0) is 0 Å². The number of amides is 1. The van der Waals surface area contributed by atoms with Crippen molar-refractivity contribution < 1.29 is 4.79 Å². The second-order valence-electron chi connectivity index (χ2n) is 6.45. The molecule has 1 aliphatic heterocycles. The van der Waals surface area contributed by atoms with E-state index in [9.17, 15) is 4.79 Å². The van der Waals surface area contributed by atoms with E-state index in [1.165, 1.54) is 18.5 Å². The topological polar surface area (TPSA) is 70.2 Å². The average molecular weight is 359 g/mol. The van der Waals surface area contributed by atoms with E-state index >= 15 is 0 Å². The van der Waals surface area contributed by atoms with E-state index in [0.717, 1.165) is 24.5 Å². The first kappa shape index (κ1) is 17.0. The maximum absolute atomic E-state index is 12.4. The summed E-state index contributed by atoms with van der Waals surface area (Å²) < 4.78 is 0. The summed E-state index contributed by atoms with van der Waals surface area (Å²) in [6, 6.07) is 19.1. The van der Waals surface area contributed by atoms with Gasteiger partial charge in [0.05, 0.1) is 0 Å².